The van der Waals surface area contributed by atoms with E-state index in [0.717, 1.165) is 16.8 Å². The number of nitrogens with zero attached hydrogens (tertiary/aromatic N) is 4. The normalized spacial score (nSPS) is 10.5. The summed E-state index contributed by atoms with van der Waals surface area (Å²) in [5.74, 6) is 0.591. The minimum atomic E-state index is 0.591. The van der Waals surface area contributed by atoms with E-state index in [1.165, 1.54) is 5.56 Å². The quantitative estimate of drug-likeness (QED) is 0.711. The molecule has 0 saturated carbocycles. The summed E-state index contributed by atoms with van der Waals surface area (Å²) in [4.78, 5) is 8.73. The number of hydrogen-bond donors (Lipinski definition) is 0. The molecule has 4 nitrogen and oxygen atoms in total. The van der Waals surface area contributed by atoms with E-state index >= 15 is 0 Å². The fourth-order valence-corrected chi connectivity index (χ4v) is 1.87. The molecule has 20 heavy (non-hydrogen) atoms. The molecule has 0 aliphatic heterocycles. The van der Waals surface area contributed by atoms with E-state index in [9.17, 15) is 0 Å². The molecule has 0 fully saturated rings. The Morgan fingerprint density at radius 2 is 1.40 bits per heavy atom. The molecular weight excluding hydrogens is 248 g/mol. The minimum absolute atomic E-state index is 0.591. The summed E-state index contributed by atoms with van der Waals surface area (Å²) in [5.41, 5.74) is 4.91. The number of aryl methyl sites for hydroxylation is 2. The van der Waals surface area contributed by atoms with Crippen molar-refractivity contribution < 1.29 is 0 Å². The zero-order valence-electron chi connectivity index (χ0n) is 11.4. The lowest BCUT2D eigenvalue weighted by Crippen LogP contribution is -1.95. The molecule has 0 atom stereocenters. The van der Waals surface area contributed by atoms with Gasteiger partial charge in [-0.25, -0.2) is 9.97 Å². The molecule has 0 amide bonds. The van der Waals surface area contributed by atoms with E-state index in [0.29, 0.717) is 11.5 Å². The van der Waals surface area contributed by atoms with Crippen molar-refractivity contribution in [2.45, 2.75) is 13.8 Å². The van der Waals surface area contributed by atoms with Gasteiger partial charge in [0, 0.05) is 18.0 Å². The highest BCUT2D eigenvalue weighted by molar-refractivity contribution is 5.63. The predicted molar refractivity (Wildman–Crippen MR) is 78.0 cm³/mol. The first-order valence-electron chi connectivity index (χ1n) is 6.42. The number of rotatable bonds is 2. The number of benzene rings is 1. The Kier molecular flexibility index (Phi) is 3.21. The van der Waals surface area contributed by atoms with Crippen LogP contribution in [0.25, 0.3) is 22.6 Å². The smallest absolute Gasteiger partial charge is 0.180 e. The largest absolute Gasteiger partial charge is 0.235 e. The Labute approximate surface area is 117 Å². The van der Waals surface area contributed by atoms with Gasteiger partial charge in [-0.2, -0.15) is 5.10 Å². The molecule has 3 rings (SSSR count). The molecule has 2 aromatic heterocycles. The van der Waals surface area contributed by atoms with Crippen LogP contribution in [-0.4, -0.2) is 20.2 Å². The Morgan fingerprint density at radius 3 is 2.00 bits per heavy atom. The summed E-state index contributed by atoms with van der Waals surface area (Å²) < 4.78 is 0. The van der Waals surface area contributed by atoms with Gasteiger partial charge in [-0.1, -0.05) is 29.8 Å². The first-order valence-corrected chi connectivity index (χ1v) is 6.42. The zero-order valence-corrected chi connectivity index (χ0v) is 11.4. The second kappa shape index (κ2) is 5.17. The van der Waals surface area contributed by atoms with Crippen LogP contribution in [0.3, 0.4) is 0 Å². The van der Waals surface area contributed by atoms with Crippen molar-refractivity contribution in [1.29, 1.82) is 0 Å². The highest BCUT2D eigenvalue weighted by Gasteiger charge is 2.04. The SMILES string of the molecule is Cc1ccc(-c2cnc(-c3ccc(C)nn3)nc2)cc1. The molecule has 0 aliphatic rings. The molecule has 0 radical (unpaired) electrons. The van der Waals surface area contributed by atoms with Gasteiger partial charge in [0.2, 0.25) is 0 Å². The first-order chi connectivity index (χ1) is 9.72. The third-order valence-corrected chi connectivity index (χ3v) is 3.06. The fourth-order valence-electron chi connectivity index (χ4n) is 1.87. The molecule has 98 valence electrons. The third kappa shape index (κ3) is 2.54. The monoisotopic (exact) mass is 262 g/mol. The zero-order chi connectivity index (χ0) is 13.9. The molecular formula is C16H14N4. The van der Waals surface area contributed by atoms with Gasteiger partial charge >= 0.3 is 0 Å². The molecule has 0 N–H and O–H groups in total. The van der Waals surface area contributed by atoms with Crippen LogP contribution in [0.4, 0.5) is 0 Å². The minimum Gasteiger partial charge on any atom is -0.235 e. The van der Waals surface area contributed by atoms with Crippen molar-refractivity contribution in [1.82, 2.24) is 20.2 Å². The number of hydrogen-bond acceptors (Lipinski definition) is 4. The molecule has 3 aromatic rings. The van der Waals surface area contributed by atoms with Gasteiger partial charge in [0.25, 0.3) is 0 Å². The molecule has 4 heteroatoms. The molecule has 0 spiro atoms. The van der Waals surface area contributed by atoms with Crippen molar-refractivity contribution in [2.24, 2.45) is 0 Å². The van der Waals surface area contributed by atoms with Crippen molar-refractivity contribution in [3.05, 3.63) is 60.0 Å². The first kappa shape index (κ1) is 12.4. The van der Waals surface area contributed by atoms with Crippen LogP contribution < -0.4 is 0 Å². The maximum atomic E-state index is 4.36. The topological polar surface area (TPSA) is 51.6 Å². The Balaban J connectivity index is 1.91. The van der Waals surface area contributed by atoms with E-state index in [-0.39, 0.29) is 0 Å². The summed E-state index contributed by atoms with van der Waals surface area (Å²) in [7, 11) is 0. The summed E-state index contributed by atoms with van der Waals surface area (Å²) >= 11 is 0. The van der Waals surface area contributed by atoms with Crippen LogP contribution in [0.1, 0.15) is 11.3 Å². The lowest BCUT2D eigenvalue weighted by molar-refractivity contribution is 0.970. The van der Waals surface area contributed by atoms with Crippen molar-refractivity contribution in [2.75, 3.05) is 0 Å². The highest BCUT2D eigenvalue weighted by atomic mass is 15.1. The Hall–Kier alpha value is -2.62. The lowest BCUT2D eigenvalue weighted by Gasteiger charge is -2.03. The van der Waals surface area contributed by atoms with Gasteiger partial charge in [-0.05, 0) is 31.5 Å². The Morgan fingerprint density at radius 1 is 0.700 bits per heavy atom. The number of aromatic nitrogens is 4. The van der Waals surface area contributed by atoms with Crippen molar-refractivity contribution in [3.8, 4) is 22.6 Å². The van der Waals surface area contributed by atoms with E-state index in [1.54, 1.807) is 0 Å². The lowest BCUT2D eigenvalue weighted by atomic mass is 10.1. The third-order valence-electron chi connectivity index (χ3n) is 3.06. The predicted octanol–water partition coefficient (Wildman–Crippen LogP) is 3.22. The maximum absolute atomic E-state index is 4.36. The second-order valence-corrected chi connectivity index (χ2v) is 4.72. The van der Waals surface area contributed by atoms with Crippen LogP contribution in [0.2, 0.25) is 0 Å². The molecule has 0 unspecified atom stereocenters. The van der Waals surface area contributed by atoms with Crippen LogP contribution in [0.5, 0.6) is 0 Å². The van der Waals surface area contributed by atoms with Crippen LogP contribution in [0, 0.1) is 13.8 Å². The fraction of sp³-hybridized carbons (Fsp3) is 0.125. The molecule has 0 saturated heterocycles. The van der Waals surface area contributed by atoms with E-state index in [2.05, 4.69) is 51.4 Å². The van der Waals surface area contributed by atoms with Gasteiger partial charge < -0.3 is 0 Å². The van der Waals surface area contributed by atoms with Gasteiger partial charge in [-0.3, -0.25) is 0 Å². The standard InChI is InChI=1S/C16H14N4/c1-11-3-6-13(7-4-11)14-9-17-16(18-10-14)15-8-5-12(2)19-20-15/h3-10H,1-2H3. The summed E-state index contributed by atoms with van der Waals surface area (Å²) in [6.07, 6.45) is 3.63. The van der Waals surface area contributed by atoms with Crippen LogP contribution in [-0.2, 0) is 0 Å². The van der Waals surface area contributed by atoms with Crippen LogP contribution in [0.15, 0.2) is 48.8 Å². The van der Waals surface area contributed by atoms with Gasteiger partial charge in [0.15, 0.2) is 5.82 Å². The van der Waals surface area contributed by atoms with E-state index in [1.807, 2.05) is 31.5 Å². The van der Waals surface area contributed by atoms with Gasteiger partial charge in [0.1, 0.15) is 5.69 Å². The molecule has 0 aliphatic carbocycles. The average molecular weight is 262 g/mol. The maximum Gasteiger partial charge on any atom is 0.180 e. The van der Waals surface area contributed by atoms with Gasteiger partial charge in [0.05, 0.1) is 5.69 Å². The summed E-state index contributed by atoms with van der Waals surface area (Å²) in [5, 5.41) is 8.10. The summed E-state index contributed by atoms with van der Waals surface area (Å²) in [6, 6.07) is 12.1. The Bertz CT molecular complexity index is 636. The van der Waals surface area contributed by atoms with E-state index in [4.69, 9.17) is 0 Å². The highest BCUT2D eigenvalue weighted by Crippen LogP contribution is 2.19. The molecule has 0 bridgehead atoms. The van der Waals surface area contributed by atoms with E-state index < -0.39 is 0 Å². The van der Waals surface area contributed by atoms with Gasteiger partial charge in [-0.15, -0.1) is 5.10 Å². The van der Waals surface area contributed by atoms with Crippen molar-refractivity contribution >= 4 is 0 Å². The molecule has 1 aromatic carbocycles. The second-order valence-electron chi connectivity index (χ2n) is 4.72. The molecule has 2 heterocycles. The average Bonchev–Trinajstić information content (AvgIpc) is 2.49. The summed E-state index contributed by atoms with van der Waals surface area (Å²) in [6.45, 7) is 3.97. The van der Waals surface area contributed by atoms with Crippen LogP contribution >= 0.6 is 0 Å². The van der Waals surface area contributed by atoms with Crippen molar-refractivity contribution in [3.63, 3.8) is 0 Å².